The van der Waals surface area contributed by atoms with Crippen molar-refractivity contribution >= 4 is 11.6 Å². The molecular formula is C17H17F3N2O2. The number of alkyl halides is 3. The molecule has 0 unspecified atom stereocenters. The number of anilines is 1. The standard InChI is InChI=1S/C17H17F3N2O2/c1-12-5-6-15(24-12)16(23)22-9-7-21(8-10-22)14-4-2-3-13(11-14)17(18,19)20/h2-6,11H,7-10H2,1H3. The van der Waals surface area contributed by atoms with E-state index in [1.54, 1.807) is 30.0 Å². The zero-order chi connectivity index (χ0) is 17.3. The molecule has 0 saturated carbocycles. The molecule has 1 aromatic heterocycles. The van der Waals surface area contributed by atoms with Gasteiger partial charge in [0.1, 0.15) is 5.76 Å². The summed E-state index contributed by atoms with van der Waals surface area (Å²) < 4.78 is 43.8. The van der Waals surface area contributed by atoms with Crippen LogP contribution in [-0.2, 0) is 6.18 Å². The first-order chi connectivity index (χ1) is 11.3. The van der Waals surface area contributed by atoms with E-state index in [0.717, 1.165) is 12.1 Å². The van der Waals surface area contributed by atoms with Gasteiger partial charge < -0.3 is 14.2 Å². The van der Waals surface area contributed by atoms with Crippen molar-refractivity contribution in [2.75, 3.05) is 31.1 Å². The van der Waals surface area contributed by atoms with Gasteiger partial charge in [0.25, 0.3) is 5.91 Å². The molecule has 4 nitrogen and oxygen atoms in total. The quantitative estimate of drug-likeness (QED) is 0.840. The van der Waals surface area contributed by atoms with Crippen LogP contribution in [0.5, 0.6) is 0 Å². The number of amides is 1. The number of hydrogen-bond acceptors (Lipinski definition) is 3. The summed E-state index contributed by atoms with van der Waals surface area (Å²) in [5, 5.41) is 0. The second-order valence-electron chi connectivity index (χ2n) is 5.74. The first-order valence-electron chi connectivity index (χ1n) is 7.62. The van der Waals surface area contributed by atoms with Gasteiger partial charge in [-0.2, -0.15) is 13.2 Å². The first-order valence-corrected chi connectivity index (χ1v) is 7.62. The van der Waals surface area contributed by atoms with E-state index in [-0.39, 0.29) is 5.91 Å². The largest absolute Gasteiger partial charge is 0.456 e. The molecule has 1 fully saturated rings. The van der Waals surface area contributed by atoms with Crippen LogP contribution in [0.15, 0.2) is 40.8 Å². The lowest BCUT2D eigenvalue weighted by Gasteiger charge is -2.36. The van der Waals surface area contributed by atoms with Crippen molar-refractivity contribution in [1.29, 1.82) is 0 Å². The average molecular weight is 338 g/mol. The van der Waals surface area contributed by atoms with Crippen LogP contribution < -0.4 is 4.90 Å². The van der Waals surface area contributed by atoms with Crippen molar-refractivity contribution in [1.82, 2.24) is 4.90 Å². The molecule has 2 heterocycles. The molecule has 0 atom stereocenters. The van der Waals surface area contributed by atoms with Crippen LogP contribution in [0.1, 0.15) is 21.9 Å². The van der Waals surface area contributed by atoms with E-state index in [2.05, 4.69) is 0 Å². The van der Waals surface area contributed by atoms with E-state index in [1.807, 2.05) is 4.90 Å². The molecule has 0 radical (unpaired) electrons. The van der Waals surface area contributed by atoms with Gasteiger partial charge in [-0.05, 0) is 37.3 Å². The van der Waals surface area contributed by atoms with Crippen LogP contribution in [0.4, 0.5) is 18.9 Å². The van der Waals surface area contributed by atoms with Gasteiger partial charge in [-0.1, -0.05) is 6.07 Å². The first kappa shape index (κ1) is 16.4. The number of carbonyl (C=O) groups is 1. The average Bonchev–Trinajstić information content (AvgIpc) is 3.00. The molecular weight excluding hydrogens is 321 g/mol. The summed E-state index contributed by atoms with van der Waals surface area (Å²) in [4.78, 5) is 15.8. The zero-order valence-electron chi connectivity index (χ0n) is 13.1. The molecule has 7 heteroatoms. The lowest BCUT2D eigenvalue weighted by molar-refractivity contribution is -0.137. The molecule has 128 valence electrons. The maximum Gasteiger partial charge on any atom is 0.416 e. The molecule has 1 amide bonds. The summed E-state index contributed by atoms with van der Waals surface area (Å²) in [5.41, 5.74) is -0.143. The van der Waals surface area contributed by atoms with E-state index in [9.17, 15) is 18.0 Å². The topological polar surface area (TPSA) is 36.7 Å². The maximum atomic E-state index is 12.8. The number of furan rings is 1. The highest BCUT2D eigenvalue weighted by Crippen LogP contribution is 2.31. The zero-order valence-corrected chi connectivity index (χ0v) is 13.1. The van der Waals surface area contributed by atoms with Gasteiger partial charge in [0, 0.05) is 31.9 Å². The highest BCUT2D eigenvalue weighted by molar-refractivity contribution is 5.91. The molecule has 0 spiro atoms. The molecule has 1 aliphatic heterocycles. The molecule has 2 aromatic rings. The van der Waals surface area contributed by atoms with Gasteiger partial charge in [0.05, 0.1) is 5.56 Å². The number of piperazine rings is 1. The van der Waals surface area contributed by atoms with Gasteiger partial charge in [0.15, 0.2) is 5.76 Å². The number of halogens is 3. The summed E-state index contributed by atoms with van der Waals surface area (Å²) in [5.74, 6) is 0.771. The number of aryl methyl sites for hydroxylation is 1. The van der Waals surface area contributed by atoms with Crippen LogP contribution in [-0.4, -0.2) is 37.0 Å². The third-order valence-electron chi connectivity index (χ3n) is 4.06. The predicted octanol–water partition coefficient (Wildman–Crippen LogP) is 3.57. The summed E-state index contributed by atoms with van der Waals surface area (Å²) in [7, 11) is 0. The minimum absolute atomic E-state index is 0.188. The lowest BCUT2D eigenvalue weighted by atomic mass is 10.1. The second kappa shape index (κ2) is 6.22. The van der Waals surface area contributed by atoms with E-state index in [0.29, 0.717) is 43.4 Å². The Hall–Kier alpha value is -2.44. The van der Waals surface area contributed by atoms with Gasteiger partial charge in [-0.25, -0.2) is 0 Å². The summed E-state index contributed by atoms with van der Waals surface area (Å²) in [6.07, 6.45) is -4.36. The fourth-order valence-electron chi connectivity index (χ4n) is 2.75. The van der Waals surface area contributed by atoms with Crippen LogP contribution in [0.3, 0.4) is 0 Å². The Morgan fingerprint density at radius 3 is 2.38 bits per heavy atom. The fraction of sp³-hybridized carbons (Fsp3) is 0.353. The molecule has 1 saturated heterocycles. The Morgan fingerprint density at radius 1 is 1.08 bits per heavy atom. The van der Waals surface area contributed by atoms with Gasteiger partial charge >= 0.3 is 6.18 Å². The number of nitrogens with zero attached hydrogens (tertiary/aromatic N) is 2. The highest BCUT2D eigenvalue weighted by atomic mass is 19.4. The number of hydrogen-bond donors (Lipinski definition) is 0. The van der Waals surface area contributed by atoms with E-state index in [4.69, 9.17) is 4.42 Å². The van der Waals surface area contributed by atoms with Crippen LogP contribution in [0.25, 0.3) is 0 Å². The SMILES string of the molecule is Cc1ccc(C(=O)N2CCN(c3cccc(C(F)(F)F)c3)CC2)o1. The Labute approximate surface area is 137 Å². The van der Waals surface area contributed by atoms with Gasteiger partial charge in [-0.15, -0.1) is 0 Å². The third-order valence-corrected chi connectivity index (χ3v) is 4.06. The van der Waals surface area contributed by atoms with Crippen LogP contribution in [0, 0.1) is 6.92 Å². The molecule has 1 aliphatic rings. The van der Waals surface area contributed by atoms with Crippen LogP contribution in [0.2, 0.25) is 0 Å². The third kappa shape index (κ3) is 3.39. The van der Waals surface area contributed by atoms with Crippen molar-refractivity contribution in [2.24, 2.45) is 0 Å². The molecule has 24 heavy (non-hydrogen) atoms. The number of benzene rings is 1. The van der Waals surface area contributed by atoms with Crippen molar-refractivity contribution in [3.8, 4) is 0 Å². The summed E-state index contributed by atoms with van der Waals surface area (Å²) in [6.45, 7) is 3.60. The fourth-order valence-corrected chi connectivity index (χ4v) is 2.75. The number of rotatable bonds is 2. The van der Waals surface area contributed by atoms with Crippen molar-refractivity contribution < 1.29 is 22.4 Å². The monoisotopic (exact) mass is 338 g/mol. The maximum absolute atomic E-state index is 12.8. The molecule has 0 bridgehead atoms. The number of carbonyl (C=O) groups excluding carboxylic acids is 1. The van der Waals surface area contributed by atoms with E-state index >= 15 is 0 Å². The molecule has 1 aromatic carbocycles. The lowest BCUT2D eigenvalue weighted by Crippen LogP contribution is -2.48. The highest BCUT2D eigenvalue weighted by Gasteiger charge is 2.31. The van der Waals surface area contributed by atoms with Crippen molar-refractivity contribution in [3.05, 3.63) is 53.5 Å². The predicted molar refractivity (Wildman–Crippen MR) is 83.0 cm³/mol. The van der Waals surface area contributed by atoms with Gasteiger partial charge in [-0.3, -0.25) is 4.79 Å². The van der Waals surface area contributed by atoms with Crippen LogP contribution >= 0.6 is 0 Å². The smallest absolute Gasteiger partial charge is 0.416 e. The second-order valence-corrected chi connectivity index (χ2v) is 5.74. The minimum Gasteiger partial charge on any atom is -0.456 e. The van der Waals surface area contributed by atoms with E-state index in [1.165, 1.54) is 6.07 Å². The Bertz CT molecular complexity index is 731. The van der Waals surface area contributed by atoms with E-state index < -0.39 is 11.7 Å². The summed E-state index contributed by atoms with van der Waals surface area (Å²) in [6, 6.07) is 8.63. The Kier molecular flexibility index (Phi) is 4.26. The molecule has 0 N–H and O–H groups in total. The Morgan fingerprint density at radius 2 is 1.79 bits per heavy atom. The minimum atomic E-state index is -4.36. The molecule has 3 rings (SSSR count). The summed E-state index contributed by atoms with van der Waals surface area (Å²) >= 11 is 0. The normalized spacial score (nSPS) is 15.7. The van der Waals surface area contributed by atoms with Crippen molar-refractivity contribution in [2.45, 2.75) is 13.1 Å². The van der Waals surface area contributed by atoms with Crippen molar-refractivity contribution in [3.63, 3.8) is 0 Å². The van der Waals surface area contributed by atoms with Gasteiger partial charge in [0.2, 0.25) is 0 Å². The molecule has 0 aliphatic carbocycles. The Balaban J connectivity index is 1.66.